The summed E-state index contributed by atoms with van der Waals surface area (Å²) in [5.41, 5.74) is 1.17. The molecule has 0 heterocycles. The van der Waals surface area contributed by atoms with Gasteiger partial charge in [-0.25, -0.2) is 4.79 Å². The van der Waals surface area contributed by atoms with Crippen LogP contribution in [0.15, 0.2) is 54.6 Å². The van der Waals surface area contributed by atoms with Crippen LogP contribution in [-0.2, 0) is 14.3 Å². The second-order valence-corrected chi connectivity index (χ2v) is 6.43. The van der Waals surface area contributed by atoms with E-state index in [-0.39, 0.29) is 24.3 Å². The fourth-order valence-electron chi connectivity index (χ4n) is 2.50. The minimum absolute atomic E-state index is 0.0478. The number of ketones is 1. The fourth-order valence-corrected chi connectivity index (χ4v) is 2.50. The maximum absolute atomic E-state index is 12.4. The molecule has 0 unspecified atom stereocenters. The van der Waals surface area contributed by atoms with Gasteiger partial charge in [-0.05, 0) is 44.0 Å². The van der Waals surface area contributed by atoms with Gasteiger partial charge in [0.15, 0.2) is 12.4 Å². The van der Waals surface area contributed by atoms with Crippen LogP contribution >= 0.6 is 0 Å². The Bertz CT molecular complexity index is 812. The molecule has 1 amide bonds. The number of carbonyl (C=O) groups is 3. The fraction of sp³-hybridized carbons (Fsp3) is 0.286. The zero-order valence-electron chi connectivity index (χ0n) is 15.0. The van der Waals surface area contributed by atoms with Crippen LogP contribution in [0, 0.1) is 0 Å². The first-order valence-corrected chi connectivity index (χ1v) is 8.81. The summed E-state index contributed by atoms with van der Waals surface area (Å²) in [4.78, 5) is 35.9. The molecule has 1 aliphatic rings. The molecular weight excluding hydrogens is 346 g/mol. The molecule has 0 bridgehead atoms. The van der Waals surface area contributed by atoms with E-state index >= 15 is 0 Å². The number of hydrogen-bond donors (Lipinski definition) is 1. The molecule has 1 saturated carbocycles. The zero-order valence-corrected chi connectivity index (χ0v) is 15.0. The van der Waals surface area contributed by atoms with Gasteiger partial charge >= 0.3 is 5.97 Å². The van der Waals surface area contributed by atoms with Crippen LogP contribution in [0.3, 0.4) is 0 Å². The highest BCUT2D eigenvalue weighted by Crippen LogP contribution is 2.23. The first-order chi connectivity index (χ1) is 13.0. The molecule has 2 aromatic rings. The third kappa shape index (κ3) is 5.41. The Morgan fingerprint density at radius 3 is 2.30 bits per heavy atom. The van der Waals surface area contributed by atoms with E-state index in [1.54, 1.807) is 48.5 Å². The lowest BCUT2D eigenvalue weighted by Gasteiger charge is -2.18. The van der Waals surface area contributed by atoms with Crippen molar-refractivity contribution in [1.29, 1.82) is 0 Å². The minimum atomic E-state index is -1.01. The molecule has 0 aliphatic heterocycles. The van der Waals surface area contributed by atoms with E-state index in [0.717, 1.165) is 12.8 Å². The van der Waals surface area contributed by atoms with Gasteiger partial charge in [0, 0.05) is 17.2 Å². The van der Waals surface area contributed by atoms with Crippen LogP contribution in [0.25, 0.3) is 0 Å². The first kappa shape index (κ1) is 18.6. The predicted octanol–water partition coefficient (Wildman–Crippen LogP) is 2.83. The molecule has 3 rings (SSSR count). The Balaban J connectivity index is 1.60. The number of nitrogens with one attached hydrogen (secondary N) is 1. The van der Waals surface area contributed by atoms with Crippen molar-refractivity contribution in [3.63, 3.8) is 0 Å². The molecule has 6 heteroatoms. The summed E-state index contributed by atoms with van der Waals surface area (Å²) >= 11 is 0. The van der Waals surface area contributed by atoms with Gasteiger partial charge in [-0.15, -0.1) is 0 Å². The van der Waals surface area contributed by atoms with Gasteiger partial charge in [0.2, 0.25) is 6.10 Å². The maximum atomic E-state index is 12.4. The lowest BCUT2D eigenvalue weighted by molar-refractivity contribution is -0.158. The molecule has 2 aromatic carbocycles. The van der Waals surface area contributed by atoms with E-state index in [2.05, 4.69) is 5.32 Å². The minimum Gasteiger partial charge on any atom is -0.482 e. The molecule has 27 heavy (non-hydrogen) atoms. The summed E-state index contributed by atoms with van der Waals surface area (Å²) in [6.07, 6.45) is 0.879. The molecule has 140 valence electrons. The molecule has 1 N–H and O–H groups in total. The molecule has 0 aromatic heterocycles. The van der Waals surface area contributed by atoms with Crippen LogP contribution in [0.5, 0.6) is 5.75 Å². The van der Waals surface area contributed by atoms with Gasteiger partial charge in [0.1, 0.15) is 5.75 Å². The number of carbonyl (C=O) groups excluding carboxylic acids is 3. The monoisotopic (exact) mass is 367 g/mol. The van der Waals surface area contributed by atoms with Gasteiger partial charge in [-0.1, -0.05) is 30.3 Å². The SMILES string of the molecule is CC(=O)c1ccc(OCC(=O)O[C@H](C(=O)NC2CC2)c2ccccc2)cc1. The van der Waals surface area contributed by atoms with E-state index in [9.17, 15) is 14.4 Å². The predicted molar refractivity (Wildman–Crippen MR) is 98.4 cm³/mol. The lowest BCUT2D eigenvalue weighted by atomic mass is 10.1. The highest BCUT2D eigenvalue weighted by Gasteiger charge is 2.30. The second kappa shape index (κ2) is 8.49. The van der Waals surface area contributed by atoms with Crippen molar-refractivity contribution < 1.29 is 23.9 Å². The van der Waals surface area contributed by atoms with Crippen LogP contribution in [0.2, 0.25) is 0 Å². The van der Waals surface area contributed by atoms with Gasteiger partial charge in [-0.2, -0.15) is 0 Å². The van der Waals surface area contributed by atoms with Crippen molar-refractivity contribution in [2.75, 3.05) is 6.61 Å². The average Bonchev–Trinajstić information content (AvgIpc) is 3.49. The number of ether oxygens (including phenoxy) is 2. The number of esters is 1. The lowest BCUT2D eigenvalue weighted by Crippen LogP contribution is -2.34. The number of Topliss-reactive ketones (excluding diaryl/α,β-unsaturated/α-hetero) is 1. The number of benzene rings is 2. The smallest absolute Gasteiger partial charge is 0.345 e. The maximum Gasteiger partial charge on any atom is 0.345 e. The van der Waals surface area contributed by atoms with Crippen molar-refractivity contribution in [3.05, 3.63) is 65.7 Å². The van der Waals surface area contributed by atoms with Crippen LogP contribution < -0.4 is 10.1 Å². The van der Waals surface area contributed by atoms with E-state index in [4.69, 9.17) is 9.47 Å². The van der Waals surface area contributed by atoms with Crippen LogP contribution in [0.4, 0.5) is 0 Å². The summed E-state index contributed by atoms with van der Waals surface area (Å²) in [5.74, 6) is -0.586. The van der Waals surface area contributed by atoms with E-state index in [1.165, 1.54) is 6.92 Å². The Hall–Kier alpha value is -3.15. The first-order valence-electron chi connectivity index (χ1n) is 8.81. The Kier molecular flexibility index (Phi) is 5.86. The molecule has 1 atom stereocenters. The molecular formula is C21H21NO5. The standard InChI is InChI=1S/C21H21NO5/c1-14(23)15-7-11-18(12-8-15)26-13-19(24)27-20(16-5-3-2-4-6-16)21(25)22-17-9-10-17/h2-8,11-12,17,20H,9-10,13H2,1H3,(H,22,25)/t20-/m0/s1. The Labute approximate surface area is 157 Å². The van der Waals surface area contributed by atoms with Crippen molar-refractivity contribution in [1.82, 2.24) is 5.32 Å². The normalized spacial score (nSPS) is 14.1. The van der Waals surface area contributed by atoms with Crippen molar-refractivity contribution in [3.8, 4) is 5.75 Å². The van der Waals surface area contributed by atoms with Crippen LogP contribution in [-0.4, -0.2) is 30.3 Å². The topological polar surface area (TPSA) is 81.7 Å². The summed E-state index contributed by atoms with van der Waals surface area (Å²) in [5, 5.41) is 2.86. The summed E-state index contributed by atoms with van der Waals surface area (Å²) in [6, 6.07) is 15.5. The summed E-state index contributed by atoms with van der Waals surface area (Å²) in [7, 11) is 0. The Morgan fingerprint density at radius 2 is 1.70 bits per heavy atom. The third-order valence-corrected chi connectivity index (χ3v) is 4.13. The number of hydrogen-bond acceptors (Lipinski definition) is 5. The van der Waals surface area contributed by atoms with Crippen molar-refractivity contribution in [2.45, 2.75) is 31.9 Å². The molecule has 1 aliphatic carbocycles. The van der Waals surface area contributed by atoms with Gasteiger partial charge in [0.25, 0.3) is 5.91 Å². The average molecular weight is 367 g/mol. The molecule has 0 radical (unpaired) electrons. The highest BCUT2D eigenvalue weighted by atomic mass is 16.6. The molecule has 0 saturated heterocycles. The van der Waals surface area contributed by atoms with Gasteiger partial charge < -0.3 is 14.8 Å². The van der Waals surface area contributed by atoms with E-state index in [1.807, 2.05) is 6.07 Å². The van der Waals surface area contributed by atoms with E-state index < -0.39 is 12.1 Å². The third-order valence-electron chi connectivity index (χ3n) is 4.13. The largest absolute Gasteiger partial charge is 0.482 e. The number of rotatable bonds is 8. The van der Waals surface area contributed by atoms with Crippen molar-refractivity contribution in [2.24, 2.45) is 0 Å². The quantitative estimate of drug-likeness (QED) is 0.573. The zero-order chi connectivity index (χ0) is 19.2. The van der Waals surface area contributed by atoms with E-state index in [0.29, 0.717) is 16.9 Å². The molecule has 1 fully saturated rings. The molecule has 0 spiro atoms. The van der Waals surface area contributed by atoms with Gasteiger partial charge in [-0.3, -0.25) is 9.59 Å². The highest BCUT2D eigenvalue weighted by molar-refractivity contribution is 5.94. The second-order valence-electron chi connectivity index (χ2n) is 6.43. The Morgan fingerprint density at radius 1 is 1.04 bits per heavy atom. The summed E-state index contributed by atoms with van der Waals surface area (Å²) in [6.45, 7) is 1.14. The van der Waals surface area contributed by atoms with Gasteiger partial charge in [0.05, 0.1) is 0 Å². The summed E-state index contributed by atoms with van der Waals surface area (Å²) < 4.78 is 10.8. The van der Waals surface area contributed by atoms with Crippen LogP contribution in [0.1, 0.15) is 41.8 Å². The number of amides is 1. The molecule has 6 nitrogen and oxygen atoms in total. The van der Waals surface area contributed by atoms with Crippen molar-refractivity contribution >= 4 is 17.7 Å².